The van der Waals surface area contributed by atoms with Gasteiger partial charge in [0.2, 0.25) is 5.82 Å². The predicted octanol–water partition coefficient (Wildman–Crippen LogP) is 2.68. The zero-order valence-electron chi connectivity index (χ0n) is 15.0. The van der Waals surface area contributed by atoms with Crippen LogP contribution in [0.15, 0.2) is 51.7 Å². The molecular formula is C17H19BrF2N6O2. The minimum absolute atomic E-state index is 0.0700. The summed E-state index contributed by atoms with van der Waals surface area (Å²) < 4.78 is 35.5. The van der Waals surface area contributed by atoms with E-state index in [2.05, 4.69) is 43.3 Å². The van der Waals surface area contributed by atoms with Crippen LogP contribution in [0.1, 0.15) is 0 Å². The molecule has 0 fully saturated rings. The summed E-state index contributed by atoms with van der Waals surface area (Å²) >= 11 is 3.09. The highest BCUT2D eigenvalue weighted by molar-refractivity contribution is 9.09. The van der Waals surface area contributed by atoms with Gasteiger partial charge in [0.15, 0.2) is 0 Å². The van der Waals surface area contributed by atoms with Gasteiger partial charge in [0.1, 0.15) is 5.83 Å². The predicted molar refractivity (Wildman–Crippen MR) is 107 cm³/mol. The van der Waals surface area contributed by atoms with E-state index in [9.17, 15) is 13.6 Å². The van der Waals surface area contributed by atoms with Gasteiger partial charge in [0, 0.05) is 31.7 Å². The molecule has 0 unspecified atom stereocenters. The summed E-state index contributed by atoms with van der Waals surface area (Å²) in [6, 6.07) is 0.0767. The van der Waals surface area contributed by atoms with Crippen LogP contribution in [0.5, 0.6) is 0 Å². The van der Waals surface area contributed by atoms with Crippen molar-refractivity contribution >= 4 is 27.6 Å². The number of nitrogens with zero attached hydrogens (tertiary/aromatic N) is 3. The maximum Gasteiger partial charge on any atom is 0.315 e. The minimum Gasteiger partial charge on any atom is -0.403 e. The van der Waals surface area contributed by atoms with Gasteiger partial charge in [0.25, 0.3) is 11.4 Å². The maximum absolute atomic E-state index is 14.7. The zero-order valence-corrected chi connectivity index (χ0v) is 16.6. The second-order valence-corrected chi connectivity index (χ2v) is 6.07. The summed E-state index contributed by atoms with van der Waals surface area (Å²) in [5.41, 5.74) is 4.18. The molecule has 0 atom stereocenters. The van der Waals surface area contributed by atoms with Gasteiger partial charge >= 0.3 is 6.01 Å². The molecular weight excluding hydrogens is 438 g/mol. The van der Waals surface area contributed by atoms with Gasteiger partial charge in [-0.15, -0.1) is 5.10 Å². The molecule has 0 bridgehead atoms. The molecule has 0 saturated carbocycles. The van der Waals surface area contributed by atoms with Crippen LogP contribution < -0.4 is 21.9 Å². The van der Waals surface area contributed by atoms with Crippen LogP contribution in [0.3, 0.4) is 0 Å². The Balaban J connectivity index is 2.57. The number of allylic oxidation sites excluding steroid dienone is 4. The lowest BCUT2D eigenvalue weighted by molar-refractivity contribution is 0.572. The fourth-order valence-electron chi connectivity index (χ4n) is 2.17. The summed E-state index contributed by atoms with van der Waals surface area (Å²) in [7, 11) is 1.37. The molecule has 0 aliphatic carbocycles. The Kier molecular flexibility index (Phi) is 7.64. The van der Waals surface area contributed by atoms with Crippen LogP contribution in [-0.2, 0) is 7.05 Å². The van der Waals surface area contributed by atoms with Crippen LogP contribution in [0.25, 0.3) is 11.5 Å². The molecule has 0 spiro atoms. The number of hydrogen-bond acceptors (Lipinski definition) is 7. The van der Waals surface area contributed by atoms with Crippen LogP contribution in [0, 0.1) is 5.82 Å². The smallest absolute Gasteiger partial charge is 0.315 e. The minimum atomic E-state index is -1.13. The maximum atomic E-state index is 14.7. The summed E-state index contributed by atoms with van der Waals surface area (Å²) in [5, 5.41) is 13.3. The standard InChI is InChI=1S/C17H19BrF2N6O2/c1-3-4-12(11(19)5-6-18)23-14-10(9-26(2)16(27)13(14)20)15-24-25-17(28-15)22-8-7-21/h3-5,9,23H,1,6-8,21H2,2H3,(H,22,25)/b11-5+,12-4+. The molecule has 0 aliphatic heterocycles. The Morgan fingerprint density at radius 2 is 2.25 bits per heavy atom. The molecule has 2 aromatic heterocycles. The Hall–Kier alpha value is -2.79. The van der Waals surface area contributed by atoms with Crippen molar-refractivity contribution in [1.29, 1.82) is 0 Å². The molecule has 0 amide bonds. The first-order valence-corrected chi connectivity index (χ1v) is 9.23. The van der Waals surface area contributed by atoms with E-state index in [1.54, 1.807) is 0 Å². The molecule has 0 aromatic carbocycles. The second kappa shape index (κ2) is 9.95. The van der Waals surface area contributed by atoms with Crippen molar-refractivity contribution in [3.8, 4) is 11.5 Å². The van der Waals surface area contributed by atoms with E-state index >= 15 is 0 Å². The normalized spacial score (nSPS) is 12.2. The first-order chi connectivity index (χ1) is 13.4. The topological polar surface area (TPSA) is 111 Å². The lowest BCUT2D eigenvalue weighted by Gasteiger charge is -2.14. The molecule has 8 nitrogen and oxygen atoms in total. The van der Waals surface area contributed by atoms with Crippen LogP contribution in [-0.4, -0.2) is 33.2 Å². The van der Waals surface area contributed by atoms with Crippen LogP contribution in [0.4, 0.5) is 20.5 Å². The third-order valence-corrected chi connectivity index (χ3v) is 3.78. The highest BCUT2D eigenvalue weighted by Crippen LogP contribution is 2.31. The quantitative estimate of drug-likeness (QED) is 0.392. The Labute approximate surface area is 168 Å². The number of anilines is 2. The van der Waals surface area contributed by atoms with Crippen molar-refractivity contribution in [3.05, 3.63) is 58.7 Å². The number of hydrogen-bond donors (Lipinski definition) is 3. The van der Waals surface area contributed by atoms with E-state index in [0.717, 1.165) is 4.57 Å². The molecule has 11 heteroatoms. The number of nitrogens with two attached hydrogens (primary N) is 1. The second-order valence-electron chi connectivity index (χ2n) is 5.42. The van der Waals surface area contributed by atoms with Crippen molar-refractivity contribution in [2.75, 3.05) is 29.1 Å². The summed E-state index contributed by atoms with van der Waals surface area (Å²) in [6.45, 7) is 4.24. The van der Waals surface area contributed by atoms with E-state index in [1.807, 2.05) is 0 Å². The largest absolute Gasteiger partial charge is 0.403 e. The average Bonchev–Trinajstić information content (AvgIpc) is 3.14. The van der Waals surface area contributed by atoms with Gasteiger partial charge in [-0.3, -0.25) is 4.79 Å². The molecule has 4 N–H and O–H groups in total. The van der Waals surface area contributed by atoms with Gasteiger partial charge in [0.05, 0.1) is 16.9 Å². The number of pyridine rings is 1. The number of alkyl halides is 1. The molecule has 2 aromatic rings. The zero-order chi connectivity index (χ0) is 20.7. The molecule has 2 rings (SSSR count). The Morgan fingerprint density at radius 1 is 1.50 bits per heavy atom. The van der Waals surface area contributed by atoms with E-state index in [-0.39, 0.29) is 34.2 Å². The highest BCUT2D eigenvalue weighted by Gasteiger charge is 2.22. The Morgan fingerprint density at radius 3 is 2.89 bits per heavy atom. The number of rotatable bonds is 9. The lowest BCUT2D eigenvalue weighted by Crippen LogP contribution is -2.22. The van der Waals surface area contributed by atoms with E-state index < -0.39 is 17.2 Å². The number of halogens is 3. The molecule has 0 radical (unpaired) electrons. The van der Waals surface area contributed by atoms with Crippen molar-refractivity contribution < 1.29 is 13.2 Å². The fourth-order valence-corrected chi connectivity index (χ4v) is 2.46. The van der Waals surface area contributed by atoms with Gasteiger partial charge in [-0.25, -0.2) is 4.39 Å². The molecule has 0 aliphatic rings. The Bertz CT molecular complexity index is 967. The molecule has 2 heterocycles. The molecule has 28 heavy (non-hydrogen) atoms. The lowest BCUT2D eigenvalue weighted by atomic mass is 10.2. The van der Waals surface area contributed by atoms with Crippen molar-refractivity contribution in [3.63, 3.8) is 0 Å². The van der Waals surface area contributed by atoms with Crippen LogP contribution in [0.2, 0.25) is 0 Å². The number of aryl methyl sites for hydroxylation is 1. The van der Waals surface area contributed by atoms with Gasteiger partial charge < -0.3 is 25.4 Å². The fraction of sp³-hybridized carbons (Fsp3) is 0.235. The van der Waals surface area contributed by atoms with Gasteiger partial charge in [-0.1, -0.05) is 33.7 Å². The summed E-state index contributed by atoms with van der Waals surface area (Å²) in [6.07, 6.45) is 5.16. The van der Waals surface area contributed by atoms with Crippen molar-refractivity contribution in [1.82, 2.24) is 14.8 Å². The van der Waals surface area contributed by atoms with E-state index in [1.165, 1.54) is 31.5 Å². The number of aromatic nitrogens is 3. The van der Waals surface area contributed by atoms with Crippen molar-refractivity contribution in [2.24, 2.45) is 12.8 Å². The van der Waals surface area contributed by atoms with Crippen LogP contribution >= 0.6 is 15.9 Å². The first-order valence-electron chi connectivity index (χ1n) is 8.11. The average molecular weight is 457 g/mol. The summed E-state index contributed by atoms with van der Waals surface area (Å²) in [5.74, 6) is -1.87. The van der Waals surface area contributed by atoms with Gasteiger partial charge in [-0.05, 0) is 12.2 Å². The van der Waals surface area contributed by atoms with Gasteiger partial charge in [-0.2, -0.15) is 4.39 Å². The summed E-state index contributed by atoms with van der Waals surface area (Å²) in [4.78, 5) is 12.1. The third-order valence-electron chi connectivity index (χ3n) is 3.45. The SMILES string of the molecule is C=C/C=C(Nc1c(-c2nnc(NCCN)o2)cn(C)c(=O)c1F)\C(F)=C/CBr. The first kappa shape index (κ1) is 21.5. The molecule has 150 valence electrons. The van der Waals surface area contributed by atoms with Crippen molar-refractivity contribution in [2.45, 2.75) is 0 Å². The molecule has 0 saturated heterocycles. The van der Waals surface area contributed by atoms with E-state index in [4.69, 9.17) is 10.2 Å². The third kappa shape index (κ3) is 4.93. The monoisotopic (exact) mass is 456 g/mol. The van der Waals surface area contributed by atoms with E-state index in [0.29, 0.717) is 13.1 Å². The number of nitrogens with one attached hydrogen (secondary N) is 2. The highest BCUT2D eigenvalue weighted by atomic mass is 79.9.